The molecule has 3 heterocycles. The maximum atomic E-state index is 12.9. The average molecular weight is 401 g/mol. The highest BCUT2D eigenvalue weighted by Crippen LogP contribution is 2.33. The molecule has 146 valence electrons. The van der Waals surface area contributed by atoms with E-state index in [4.69, 9.17) is 16.3 Å². The zero-order chi connectivity index (χ0) is 19.7. The number of nitrogens with one attached hydrogen (secondary N) is 1. The normalized spacial score (nSPS) is 16.4. The van der Waals surface area contributed by atoms with E-state index in [2.05, 4.69) is 15.3 Å². The summed E-state index contributed by atoms with van der Waals surface area (Å²) in [4.78, 5) is 35.6. The van der Waals surface area contributed by atoms with Crippen molar-refractivity contribution in [3.8, 4) is 5.88 Å². The van der Waals surface area contributed by atoms with E-state index in [1.807, 2.05) is 4.90 Å². The molecule has 2 aromatic heterocycles. The summed E-state index contributed by atoms with van der Waals surface area (Å²) in [6.45, 7) is 0.710. The summed E-state index contributed by atoms with van der Waals surface area (Å²) in [6.07, 6.45) is 7.34. The standard InChI is InChI=1S/C20H21ClN4O3/c1-28-19-13(9-23-18(26)12-6-14(21)10-22-8-12)7-16-17(24-19)11-25(20(16)27)15-4-2-3-5-15/h6-8,10,15H,2-5,9,11H2,1H3,(H,23,26). The lowest BCUT2D eigenvalue weighted by Crippen LogP contribution is -2.33. The number of hydrogen-bond donors (Lipinski definition) is 1. The van der Waals surface area contributed by atoms with Crippen LogP contribution in [0.25, 0.3) is 0 Å². The SMILES string of the molecule is COc1nc2c(cc1CNC(=O)c1cncc(Cl)c1)C(=O)N(C1CCCC1)C2. The molecule has 1 aliphatic heterocycles. The van der Waals surface area contributed by atoms with Crippen LogP contribution >= 0.6 is 11.6 Å². The largest absolute Gasteiger partial charge is 0.481 e. The van der Waals surface area contributed by atoms with Crippen molar-refractivity contribution in [2.24, 2.45) is 0 Å². The number of halogens is 1. The summed E-state index contributed by atoms with van der Waals surface area (Å²) >= 11 is 5.89. The Morgan fingerprint density at radius 1 is 1.32 bits per heavy atom. The predicted octanol–water partition coefficient (Wildman–Crippen LogP) is 2.97. The Morgan fingerprint density at radius 3 is 2.82 bits per heavy atom. The fraction of sp³-hybridized carbons (Fsp3) is 0.400. The van der Waals surface area contributed by atoms with Gasteiger partial charge in [0.2, 0.25) is 5.88 Å². The summed E-state index contributed by atoms with van der Waals surface area (Å²) in [5.74, 6) is 0.129. The lowest BCUT2D eigenvalue weighted by atomic mass is 10.1. The van der Waals surface area contributed by atoms with Crippen molar-refractivity contribution in [2.75, 3.05) is 7.11 Å². The first-order valence-electron chi connectivity index (χ1n) is 9.33. The van der Waals surface area contributed by atoms with Gasteiger partial charge in [0.15, 0.2) is 0 Å². The Kier molecular flexibility index (Phi) is 5.17. The van der Waals surface area contributed by atoms with E-state index >= 15 is 0 Å². The van der Waals surface area contributed by atoms with Gasteiger partial charge in [-0.3, -0.25) is 14.6 Å². The van der Waals surface area contributed by atoms with E-state index in [1.165, 1.54) is 19.5 Å². The second-order valence-electron chi connectivity index (χ2n) is 7.10. The van der Waals surface area contributed by atoms with Gasteiger partial charge in [0.25, 0.3) is 11.8 Å². The van der Waals surface area contributed by atoms with Crippen molar-refractivity contribution in [1.29, 1.82) is 0 Å². The molecular formula is C20H21ClN4O3. The van der Waals surface area contributed by atoms with E-state index in [0.717, 1.165) is 31.4 Å². The molecule has 0 spiro atoms. The zero-order valence-corrected chi connectivity index (χ0v) is 16.3. The van der Waals surface area contributed by atoms with Crippen molar-refractivity contribution < 1.29 is 14.3 Å². The summed E-state index contributed by atoms with van der Waals surface area (Å²) < 4.78 is 5.40. The number of rotatable bonds is 5. The lowest BCUT2D eigenvalue weighted by molar-refractivity contribution is 0.0706. The van der Waals surface area contributed by atoms with E-state index in [-0.39, 0.29) is 18.4 Å². The third-order valence-electron chi connectivity index (χ3n) is 5.32. The van der Waals surface area contributed by atoms with Crippen LogP contribution in [-0.2, 0) is 13.1 Å². The molecule has 8 heteroatoms. The Labute approximate surface area is 168 Å². The number of fused-ring (bicyclic) bond motifs is 1. The summed E-state index contributed by atoms with van der Waals surface area (Å²) in [7, 11) is 1.53. The third kappa shape index (κ3) is 3.54. The predicted molar refractivity (Wildman–Crippen MR) is 103 cm³/mol. The number of hydrogen-bond acceptors (Lipinski definition) is 5. The molecule has 2 aliphatic rings. The van der Waals surface area contributed by atoms with E-state index in [1.54, 1.807) is 12.1 Å². The molecule has 0 atom stereocenters. The molecule has 0 unspecified atom stereocenters. The number of ether oxygens (including phenoxy) is 1. The zero-order valence-electron chi connectivity index (χ0n) is 15.6. The van der Waals surface area contributed by atoms with Gasteiger partial charge in [-0.1, -0.05) is 24.4 Å². The first kappa shape index (κ1) is 18.7. The van der Waals surface area contributed by atoms with Crippen molar-refractivity contribution in [2.45, 2.75) is 44.8 Å². The summed E-state index contributed by atoms with van der Waals surface area (Å²) in [5, 5.41) is 3.20. The van der Waals surface area contributed by atoms with Gasteiger partial charge in [0.05, 0.1) is 35.5 Å². The number of pyridine rings is 2. The minimum absolute atomic E-state index is 0.0173. The van der Waals surface area contributed by atoms with Gasteiger partial charge in [0, 0.05) is 30.5 Å². The molecule has 1 saturated carbocycles. The number of nitrogens with zero attached hydrogens (tertiary/aromatic N) is 3. The monoisotopic (exact) mass is 400 g/mol. The van der Waals surface area contributed by atoms with Crippen LogP contribution in [0.4, 0.5) is 0 Å². The van der Waals surface area contributed by atoms with E-state index in [0.29, 0.717) is 40.2 Å². The molecule has 0 saturated heterocycles. The van der Waals surface area contributed by atoms with Gasteiger partial charge in [0.1, 0.15) is 0 Å². The fourth-order valence-electron chi connectivity index (χ4n) is 3.90. The second kappa shape index (κ2) is 7.75. The van der Waals surface area contributed by atoms with Crippen LogP contribution in [0.15, 0.2) is 24.5 Å². The highest BCUT2D eigenvalue weighted by Gasteiger charge is 2.35. The van der Waals surface area contributed by atoms with Crippen molar-refractivity contribution >= 4 is 23.4 Å². The number of amides is 2. The second-order valence-corrected chi connectivity index (χ2v) is 7.53. The molecule has 1 fully saturated rings. The molecule has 0 radical (unpaired) electrons. The maximum Gasteiger partial charge on any atom is 0.256 e. The molecule has 1 N–H and O–H groups in total. The average Bonchev–Trinajstić information content (AvgIpc) is 3.33. The van der Waals surface area contributed by atoms with Crippen LogP contribution in [0.2, 0.25) is 5.02 Å². The first-order valence-corrected chi connectivity index (χ1v) is 9.71. The van der Waals surface area contributed by atoms with Crippen LogP contribution in [0.5, 0.6) is 5.88 Å². The Morgan fingerprint density at radius 2 is 2.11 bits per heavy atom. The topological polar surface area (TPSA) is 84.4 Å². The summed E-state index contributed by atoms with van der Waals surface area (Å²) in [5.41, 5.74) is 2.36. The van der Waals surface area contributed by atoms with Crippen LogP contribution in [0.3, 0.4) is 0 Å². The number of aromatic nitrogens is 2. The van der Waals surface area contributed by atoms with Gasteiger partial charge >= 0.3 is 0 Å². The van der Waals surface area contributed by atoms with Crippen molar-refractivity contribution in [3.05, 3.63) is 51.9 Å². The molecule has 28 heavy (non-hydrogen) atoms. The molecule has 2 aromatic rings. The van der Waals surface area contributed by atoms with E-state index in [9.17, 15) is 9.59 Å². The fourth-order valence-corrected chi connectivity index (χ4v) is 4.07. The minimum atomic E-state index is -0.309. The summed E-state index contributed by atoms with van der Waals surface area (Å²) in [6, 6.07) is 3.63. The number of carbonyl (C=O) groups excluding carboxylic acids is 2. The maximum absolute atomic E-state index is 12.9. The molecule has 2 amide bonds. The molecule has 0 aromatic carbocycles. The van der Waals surface area contributed by atoms with Gasteiger partial charge in [-0.2, -0.15) is 0 Å². The Hall–Kier alpha value is -2.67. The molecule has 7 nitrogen and oxygen atoms in total. The highest BCUT2D eigenvalue weighted by molar-refractivity contribution is 6.30. The van der Waals surface area contributed by atoms with Gasteiger partial charge in [-0.15, -0.1) is 0 Å². The molecule has 0 bridgehead atoms. The Balaban J connectivity index is 1.52. The quantitative estimate of drug-likeness (QED) is 0.834. The third-order valence-corrected chi connectivity index (χ3v) is 5.52. The van der Waals surface area contributed by atoms with Crippen LogP contribution in [0.1, 0.15) is 57.7 Å². The first-order chi connectivity index (χ1) is 13.6. The number of carbonyl (C=O) groups is 2. The highest BCUT2D eigenvalue weighted by atomic mass is 35.5. The van der Waals surface area contributed by atoms with Gasteiger partial charge < -0.3 is 15.0 Å². The molecule has 4 rings (SSSR count). The number of methoxy groups -OCH3 is 1. The van der Waals surface area contributed by atoms with Crippen molar-refractivity contribution in [3.63, 3.8) is 0 Å². The van der Waals surface area contributed by atoms with E-state index < -0.39 is 0 Å². The lowest BCUT2D eigenvalue weighted by Gasteiger charge is -2.22. The van der Waals surface area contributed by atoms with Crippen LogP contribution in [-0.4, -0.2) is 39.8 Å². The van der Waals surface area contributed by atoms with Crippen LogP contribution in [0, 0.1) is 0 Å². The van der Waals surface area contributed by atoms with Crippen LogP contribution < -0.4 is 10.1 Å². The minimum Gasteiger partial charge on any atom is -0.481 e. The van der Waals surface area contributed by atoms with Crippen molar-refractivity contribution in [1.82, 2.24) is 20.2 Å². The van der Waals surface area contributed by atoms with Gasteiger partial charge in [-0.25, -0.2) is 4.98 Å². The molecular weight excluding hydrogens is 380 g/mol. The Bertz CT molecular complexity index is 928. The van der Waals surface area contributed by atoms with Gasteiger partial charge in [-0.05, 0) is 25.0 Å². The smallest absolute Gasteiger partial charge is 0.256 e. The molecule has 1 aliphatic carbocycles.